The van der Waals surface area contributed by atoms with Gasteiger partial charge in [-0.2, -0.15) is 0 Å². The fourth-order valence-corrected chi connectivity index (χ4v) is 3.61. The molecule has 0 spiro atoms. The molecule has 2 rings (SSSR count). The van der Waals surface area contributed by atoms with Gasteiger partial charge in [-0.05, 0) is 44.8 Å². The van der Waals surface area contributed by atoms with Crippen LogP contribution in [0, 0.1) is 5.92 Å². The Balaban J connectivity index is 1.87. The Hall–Kier alpha value is -1.24. The monoisotopic (exact) mass is 383 g/mol. The highest BCUT2D eigenvalue weighted by molar-refractivity contribution is 6.30. The zero-order valence-electron chi connectivity index (χ0n) is 16.7. The van der Waals surface area contributed by atoms with E-state index in [0.29, 0.717) is 5.92 Å². The van der Waals surface area contributed by atoms with Gasteiger partial charge in [0.2, 0.25) is 0 Å². The van der Waals surface area contributed by atoms with Crippen molar-refractivity contribution in [1.29, 1.82) is 0 Å². The van der Waals surface area contributed by atoms with Crippen molar-refractivity contribution in [3.05, 3.63) is 23.0 Å². The number of guanidine groups is 1. The zero-order valence-corrected chi connectivity index (χ0v) is 17.4. The molecular formula is C19H34ClN5O. The van der Waals surface area contributed by atoms with Crippen LogP contribution in [0.4, 0.5) is 0 Å². The number of hydrogen-bond donors (Lipinski definition) is 1. The molecule has 1 fully saturated rings. The van der Waals surface area contributed by atoms with Crippen molar-refractivity contribution in [2.45, 2.75) is 26.3 Å². The third-order valence-electron chi connectivity index (χ3n) is 4.99. The van der Waals surface area contributed by atoms with Crippen molar-refractivity contribution in [2.75, 3.05) is 53.5 Å². The first-order chi connectivity index (χ1) is 12.5. The normalized spacial score (nSPS) is 16.9. The summed E-state index contributed by atoms with van der Waals surface area (Å²) in [6, 6.07) is 2.01. The Kier molecular flexibility index (Phi) is 8.75. The van der Waals surface area contributed by atoms with E-state index >= 15 is 0 Å². The summed E-state index contributed by atoms with van der Waals surface area (Å²) < 4.78 is 7.24. The molecule has 1 aliphatic heterocycles. The maximum Gasteiger partial charge on any atom is 0.194 e. The molecule has 1 N–H and O–H groups in total. The fraction of sp³-hybridized carbons (Fsp3) is 0.737. The second-order valence-corrected chi connectivity index (χ2v) is 7.53. The van der Waals surface area contributed by atoms with Crippen LogP contribution in [0.25, 0.3) is 0 Å². The van der Waals surface area contributed by atoms with E-state index in [4.69, 9.17) is 21.3 Å². The van der Waals surface area contributed by atoms with Gasteiger partial charge >= 0.3 is 0 Å². The average Bonchev–Trinajstić information content (AvgIpc) is 2.94. The van der Waals surface area contributed by atoms with Crippen molar-refractivity contribution >= 4 is 17.6 Å². The first-order valence-corrected chi connectivity index (χ1v) is 9.92. The third-order valence-corrected chi connectivity index (χ3v) is 5.19. The van der Waals surface area contributed by atoms with Gasteiger partial charge in [-0.3, -0.25) is 4.99 Å². The van der Waals surface area contributed by atoms with Crippen molar-refractivity contribution in [3.63, 3.8) is 0 Å². The Bertz CT molecular complexity index is 566. The first kappa shape index (κ1) is 21.1. The molecule has 1 aromatic rings. The zero-order chi connectivity index (χ0) is 18.9. The van der Waals surface area contributed by atoms with E-state index in [1.807, 2.05) is 19.3 Å². The summed E-state index contributed by atoms with van der Waals surface area (Å²) in [4.78, 5) is 9.56. The molecule has 6 nitrogen and oxygen atoms in total. The van der Waals surface area contributed by atoms with Crippen molar-refractivity contribution in [3.8, 4) is 0 Å². The minimum Gasteiger partial charge on any atom is -0.383 e. The van der Waals surface area contributed by atoms with Crippen LogP contribution in [-0.4, -0.2) is 73.8 Å². The van der Waals surface area contributed by atoms with Gasteiger partial charge in [0, 0.05) is 52.7 Å². The van der Waals surface area contributed by atoms with Crippen LogP contribution in [0.5, 0.6) is 0 Å². The standard InChI is InChI=1S/C19H34ClN5O/c1-5-21-19(24(3)15-18-12-17(20)14-23(18)2)22-13-16-6-8-25(9-7-16)10-11-26-4/h12,14,16H,5-11,13,15H2,1-4H3,(H,21,22). The third kappa shape index (κ3) is 6.49. The second-order valence-electron chi connectivity index (χ2n) is 7.09. The lowest BCUT2D eigenvalue weighted by Crippen LogP contribution is -2.40. The lowest BCUT2D eigenvalue weighted by atomic mass is 9.97. The number of rotatable bonds is 8. The van der Waals surface area contributed by atoms with Crippen LogP contribution in [0.1, 0.15) is 25.5 Å². The lowest BCUT2D eigenvalue weighted by molar-refractivity contribution is 0.121. The van der Waals surface area contributed by atoms with Crippen LogP contribution in [0.3, 0.4) is 0 Å². The Labute approximate surface area is 163 Å². The fourth-order valence-electron chi connectivity index (χ4n) is 3.34. The van der Waals surface area contributed by atoms with Gasteiger partial charge in [0.1, 0.15) is 0 Å². The van der Waals surface area contributed by atoms with E-state index in [-0.39, 0.29) is 0 Å². The summed E-state index contributed by atoms with van der Waals surface area (Å²) in [5.41, 5.74) is 1.18. The van der Waals surface area contributed by atoms with Gasteiger partial charge in [-0.25, -0.2) is 0 Å². The topological polar surface area (TPSA) is 45.0 Å². The summed E-state index contributed by atoms with van der Waals surface area (Å²) in [5.74, 6) is 1.63. The SMILES string of the molecule is CCNC(=NCC1CCN(CCOC)CC1)N(C)Cc1cc(Cl)cn1C. The molecule has 0 radical (unpaired) electrons. The predicted octanol–water partition coefficient (Wildman–Crippen LogP) is 2.43. The maximum absolute atomic E-state index is 6.10. The summed E-state index contributed by atoms with van der Waals surface area (Å²) in [6.07, 6.45) is 4.36. The van der Waals surface area contributed by atoms with Crippen LogP contribution >= 0.6 is 11.6 Å². The Morgan fingerprint density at radius 3 is 2.73 bits per heavy atom. The highest BCUT2D eigenvalue weighted by Gasteiger charge is 2.19. The molecule has 7 heteroatoms. The van der Waals surface area contributed by atoms with Gasteiger partial charge in [-0.15, -0.1) is 0 Å². The van der Waals surface area contributed by atoms with Crippen molar-refractivity contribution < 1.29 is 4.74 Å². The number of hydrogen-bond acceptors (Lipinski definition) is 3. The van der Waals surface area contributed by atoms with Gasteiger partial charge in [0.25, 0.3) is 0 Å². The molecule has 0 aromatic carbocycles. The number of aryl methyl sites for hydroxylation is 1. The van der Waals surface area contributed by atoms with Crippen LogP contribution in [0.2, 0.25) is 5.02 Å². The lowest BCUT2D eigenvalue weighted by Gasteiger charge is -2.31. The van der Waals surface area contributed by atoms with Crippen LogP contribution < -0.4 is 5.32 Å². The highest BCUT2D eigenvalue weighted by atomic mass is 35.5. The van der Waals surface area contributed by atoms with Crippen LogP contribution in [0.15, 0.2) is 17.3 Å². The first-order valence-electron chi connectivity index (χ1n) is 9.55. The number of ether oxygens (including phenoxy) is 1. The quantitative estimate of drug-likeness (QED) is 0.553. The predicted molar refractivity (Wildman–Crippen MR) is 109 cm³/mol. The van der Waals surface area contributed by atoms with Crippen molar-refractivity contribution in [1.82, 2.24) is 19.7 Å². The second kappa shape index (κ2) is 10.8. The largest absolute Gasteiger partial charge is 0.383 e. The molecule has 1 aromatic heterocycles. The summed E-state index contributed by atoms with van der Waals surface area (Å²) in [6.45, 7) is 8.81. The van der Waals surface area contributed by atoms with E-state index in [1.54, 1.807) is 7.11 Å². The highest BCUT2D eigenvalue weighted by Crippen LogP contribution is 2.18. The van der Waals surface area contributed by atoms with Gasteiger partial charge < -0.3 is 24.4 Å². The number of nitrogens with one attached hydrogen (secondary N) is 1. The van der Waals surface area contributed by atoms with E-state index in [9.17, 15) is 0 Å². The van der Waals surface area contributed by atoms with Gasteiger partial charge in [0.05, 0.1) is 18.2 Å². The number of aliphatic imine (C=N–C) groups is 1. The number of methoxy groups -OCH3 is 1. The van der Waals surface area contributed by atoms with E-state index in [2.05, 4.69) is 33.7 Å². The van der Waals surface area contributed by atoms with Gasteiger partial charge in [-0.1, -0.05) is 11.6 Å². The Morgan fingerprint density at radius 1 is 1.42 bits per heavy atom. The van der Waals surface area contributed by atoms with Crippen molar-refractivity contribution in [2.24, 2.45) is 18.0 Å². The van der Waals surface area contributed by atoms with Crippen LogP contribution in [-0.2, 0) is 18.3 Å². The smallest absolute Gasteiger partial charge is 0.194 e. The summed E-state index contributed by atoms with van der Waals surface area (Å²) in [5, 5.41) is 4.19. The number of likely N-dealkylation sites (tertiary alicyclic amines) is 1. The number of piperidine rings is 1. The molecule has 0 unspecified atom stereocenters. The molecule has 0 saturated carbocycles. The molecule has 0 atom stereocenters. The molecule has 0 bridgehead atoms. The Morgan fingerprint density at radius 2 is 2.15 bits per heavy atom. The number of aromatic nitrogens is 1. The molecule has 2 heterocycles. The van der Waals surface area contributed by atoms with E-state index < -0.39 is 0 Å². The average molecular weight is 384 g/mol. The maximum atomic E-state index is 6.10. The van der Waals surface area contributed by atoms with E-state index in [1.165, 1.54) is 18.5 Å². The molecule has 26 heavy (non-hydrogen) atoms. The summed E-state index contributed by atoms with van der Waals surface area (Å²) in [7, 11) is 5.87. The van der Waals surface area contributed by atoms with E-state index in [0.717, 1.165) is 56.9 Å². The number of halogens is 1. The molecule has 0 aliphatic carbocycles. The minimum absolute atomic E-state index is 0.667. The number of nitrogens with zero attached hydrogens (tertiary/aromatic N) is 4. The summed E-state index contributed by atoms with van der Waals surface area (Å²) >= 11 is 6.10. The molecule has 148 valence electrons. The minimum atomic E-state index is 0.667. The molecule has 1 aliphatic rings. The molecular weight excluding hydrogens is 350 g/mol. The van der Waals surface area contributed by atoms with Gasteiger partial charge in [0.15, 0.2) is 5.96 Å². The molecule has 0 amide bonds. The molecule has 1 saturated heterocycles.